The second kappa shape index (κ2) is 8.93. The molecule has 0 saturated heterocycles. The number of nitrogens with one attached hydrogen (secondary N) is 2. The van der Waals surface area contributed by atoms with Gasteiger partial charge in [0.2, 0.25) is 5.91 Å². The Kier molecular flexibility index (Phi) is 6.36. The van der Waals surface area contributed by atoms with Gasteiger partial charge in [0, 0.05) is 35.3 Å². The number of halogens is 1. The Morgan fingerprint density at radius 3 is 2.89 bits per heavy atom. The Morgan fingerprint density at radius 1 is 1.32 bits per heavy atom. The minimum Gasteiger partial charge on any atom is -0.494 e. The third-order valence-corrected chi connectivity index (χ3v) is 4.45. The third-order valence-electron chi connectivity index (χ3n) is 4.22. The van der Waals surface area contributed by atoms with E-state index in [9.17, 15) is 9.59 Å². The molecule has 3 rings (SSSR count). The summed E-state index contributed by atoms with van der Waals surface area (Å²) in [6, 6.07) is 6.88. The van der Waals surface area contributed by atoms with E-state index in [-0.39, 0.29) is 30.8 Å². The van der Waals surface area contributed by atoms with Gasteiger partial charge in [-0.25, -0.2) is 0 Å². The molecular weight excluding hydrogens is 382 g/mol. The highest BCUT2D eigenvalue weighted by Crippen LogP contribution is 2.35. The SMILES string of the molecule is CCOc1cc2c(cc1CNC(=O)CNC(=O)c1cc(Cl)ccn1)O[C@@H](C)C2. The Hall–Kier alpha value is -2.80. The Bertz CT molecular complexity index is 888. The average Bonchev–Trinajstić information content (AvgIpc) is 3.03. The molecule has 0 spiro atoms. The van der Waals surface area contributed by atoms with E-state index in [1.54, 1.807) is 6.07 Å². The fourth-order valence-corrected chi connectivity index (χ4v) is 3.11. The van der Waals surface area contributed by atoms with Gasteiger partial charge in [-0.2, -0.15) is 0 Å². The molecule has 8 heteroatoms. The van der Waals surface area contributed by atoms with E-state index in [2.05, 4.69) is 15.6 Å². The predicted molar refractivity (Wildman–Crippen MR) is 105 cm³/mol. The zero-order valence-corrected chi connectivity index (χ0v) is 16.5. The number of nitrogens with zero attached hydrogens (tertiary/aromatic N) is 1. The first-order chi connectivity index (χ1) is 13.5. The summed E-state index contributed by atoms with van der Waals surface area (Å²) in [6.45, 7) is 4.55. The second-order valence-corrected chi connectivity index (χ2v) is 6.89. The molecule has 2 N–H and O–H groups in total. The normalized spacial score (nSPS) is 14.8. The highest BCUT2D eigenvalue weighted by atomic mass is 35.5. The van der Waals surface area contributed by atoms with Crippen LogP contribution in [0.25, 0.3) is 0 Å². The number of pyridine rings is 1. The third kappa shape index (κ3) is 4.92. The van der Waals surface area contributed by atoms with Gasteiger partial charge in [-0.1, -0.05) is 11.6 Å². The van der Waals surface area contributed by atoms with Crippen LogP contribution < -0.4 is 20.1 Å². The maximum atomic E-state index is 12.1. The minimum absolute atomic E-state index is 0.129. The monoisotopic (exact) mass is 403 g/mol. The highest BCUT2D eigenvalue weighted by molar-refractivity contribution is 6.30. The number of carbonyl (C=O) groups is 2. The van der Waals surface area contributed by atoms with Crippen LogP contribution >= 0.6 is 11.6 Å². The van der Waals surface area contributed by atoms with Gasteiger partial charge in [-0.05, 0) is 38.1 Å². The summed E-state index contributed by atoms with van der Waals surface area (Å²) in [7, 11) is 0. The topological polar surface area (TPSA) is 89.6 Å². The quantitative estimate of drug-likeness (QED) is 0.741. The number of hydrogen-bond acceptors (Lipinski definition) is 5. The maximum Gasteiger partial charge on any atom is 0.270 e. The van der Waals surface area contributed by atoms with Crippen molar-refractivity contribution in [1.29, 1.82) is 0 Å². The van der Waals surface area contributed by atoms with Crippen LogP contribution in [0.5, 0.6) is 11.5 Å². The van der Waals surface area contributed by atoms with E-state index in [4.69, 9.17) is 21.1 Å². The van der Waals surface area contributed by atoms with Crippen LogP contribution in [0, 0.1) is 0 Å². The molecule has 2 heterocycles. The maximum absolute atomic E-state index is 12.1. The number of benzene rings is 1. The van der Waals surface area contributed by atoms with Crippen LogP contribution in [-0.2, 0) is 17.8 Å². The minimum atomic E-state index is -0.465. The Morgan fingerprint density at radius 2 is 2.14 bits per heavy atom. The lowest BCUT2D eigenvalue weighted by atomic mass is 10.1. The number of rotatable bonds is 7. The van der Waals surface area contributed by atoms with Gasteiger partial charge in [0.1, 0.15) is 23.3 Å². The summed E-state index contributed by atoms with van der Waals surface area (Å²) < 4.78 is 11.5. The van der Waals surface area contributed by atoms with Crippen molar-refractivity contribution in [3.8, 4) is 11.5 Å². The molecule has 1 aliphatic heterocycles. The van der Waals surface area contributed by atoms with E-state index < -0.39 is 5.91 Å². The van der Waals surface area contributed by atoms with Crippen LogP contribution in [0.4, 0.5) is 0 Å². The van der Waals surface area contributed by atoms with Gasteiger partial charge >= 0.3 is 0 Å². The van der Waals surface area contributed by atoms with Gasteiger partial charge < -0.3 is 20.1 Å². The van der Waals surface area contributed by atoms with Gasteiger partial charge in [0.15, 0.2) is 0 Å². The molecule has 0 fully saturated rings. The van der Waals surface area contributed by atoms with Crippen molar-refractivity contribution < 1.29 is 19.1 Å². The van der Waals surface area contributed by atoms with Crippen molar-refractivity contribution in [1.82, 2.24) is 15.6 Å². The van der Waals surface area contributed by atoms with Crippen molar-refractivity contribution in [2.24, 2.45) is 0 Å². The lowest BCUT2D eigenvalue weighted by Gasteiger charge is -2.13. The summed E-state index contributed by atoms with van der Waals surface area (Å²) in [4.78, 5) is 28.1. The number of carbonyl (C=O) groups excluding carboxylic acids is 2. The molecule has 1 aliphatic rings. The van der Waals surface area contributed by atoms with E-state index in [1.165, 1.54) is 12.3 Å². The molecule has 1 aromatic carbocycles. The Labute approximate surface area is 168 Å². The fourth-order valence-electron chi connectivity index (χ4n) is 2.95. The summed E-state index contributed by atoms with van der Waals surface area (Å²) in [5, 5.41) is 5.71. The molecule has 2 aromatic rings. The standard InChI is InChI=1S/C20H22ClN3O4/c1-3-27-17-7-13-6-12(2)28-18(13)8-14(17)10-23-19(25)11-24-20(26)16-9-15(21)4-5-22-16/h4-5,7-9,12H,3,6,10-11H2,1-2H3,(H,23,25)(H,24,26)/t12-/m0/s1. The molecule has 28 heavy (non-hydrogen) atoms. The molecule has 0 saturated carbocycles. The molecule has 0 unspecified atom stereocenters. The number of hydrogen-bond donors (Lipinski definition) is 2. The molecule has 1 aromatic heterocycles. The molecule has 7 nitrogen and oxygen atoms in total. The largest absolute Gasteiger partial charge is 0.494 e. The van der Waals surface area contributed by atoms with Crippen molar-refractivity contribution >= 4 is 23.4 Å². The zero-order valence-electron chi connectivity index (χ0n) is 15.8. The lowest BCUT2D eigenvalue weighted by molar-refractivity contribution is -0.120. The zero-order chi connectivity index (χ0) is 20.1. The van der Waals surface area contributed by atoms with E-state index in [1.807, 2.05) is 26.0 Å². The lowest BCUT2D eigenvalue weighted by Crippen LogP contribution is -2.37. The predicted octanol–water partition coefficient (Wildman–Crippen LogP) is 2.50. The first kappa shape index (κ1) is 19.9. The second-order valence-electron chi connectivity index (χ2n) is 6.45. The van der Waals surface area contributed by atoms with Gasteiger partial charge in [0.25, 0.3) is 5.91 Å². The number of amides is 2. The summed E-state index contributed by atoms with van der Waals surface area (Å²) in [5.74, 6) is 0.757. The molecular formula is C20H22ClN3O4. The van der Waals surface area contributed by atoms with Crippen LogP contribution in [-0.4, -0.2) is 36.1 Å². The van der Waals surface area contributed by atoms with Crippen molar-refractivity contribution in [3.63, 3.8) is 0 Å². The average molecular weight is 404 g/mol. The Balaban J connectivity index is 1.57. The first-order valence-electron chi connectivity index (χ1n) is 9.08. The number of fused-ring (bicyclic) bond motifs is 1. The smallest absolute Gasteiger partial charge is 0.270 e. The van der Waals surface area contributed by atoms with E-state index in [0.29, 0.717) is 11.6 Å². The van der Waals surface area contributed by atoms with Crippen LogP contribution in [0.3, 0.4) is 0 Å². The molecule has 2 amide bonds. The van der Waals surface area contributed by atoms with Crippen LogP contribution in [0.15, 0.2) is 30.5 Å². The molecule has 0 radical (unpaired) electrons. The van der Waals surface area contributed by atoms with E-state index in [0.717, 1.165) is 29.0 Å². The van der Waals surface area contributed by atoms with Gasteiger partial charge in [0.05, 0.1) is 13.2 Å². The molecule has 0 bridgehead atoms. The fraction of sp³-hybridized carbons (Fsp3) is 0.350. The van der Waals surface area contributed by atoms with Crippen molar-refractivity contribution in [2.45, 2.75) is 32.9 Å². The molecule has 148 valence electrons. The number of ether oxygens (including phenoxy) is 2. The number of aromatic nitrogens is 1. The van der Waals surface area contributed by atoms with Crippen LogP contribution in [0.1, 0.15) is 35.5 Å². The van der Waals surface area contributed by atoms with Crippen molar-refractivity contribution in [2.75, 3.05) is 13.2 Å². The van der Waals surface area contributed by atoms with Crippen molar-refractivity contribution in [3.05, 3.63) is 52.3 Å². The van der Waals surface area contributed by atoms with Crippen LogP contribution in [0.2, 0.25) is 5.02 Å². The summed E-state index contributed by atoms with van der Waals surface area (Å²) in [5.41, 5.74) is 2.09. The highest BCUT2D eigenvalue weighted by Gasteiger charge is 2.22. The van der Waals surface area contributed by atoms with E-state index >= 15 is 0 Å². The first-order valence-corrected chi connectivity index (χ1v) is 9.45. The summed E-state index contributed by atoms with van der Waals surface area (Å²) >= 11 is 5.84. The van der Waals surface area contributed by atoms with Gasteiger partial charge in [-0.3, -0.25) is 14.6 Å². The molecule has 0 aliphatic carbocycles. The molecule has 1 atom stereocenters. The van der Waals surface area contributed by atoms with Gasteiger partial charge in [-0.15, -0.1) is 0 Å². The summed E-state index contributed by atoms with van der Waals surface area (Å²) in [6.07, 6.45) is 2.40.